The Kier molecular flexibility index (Phi) is 2.81. The van der Waals surface area contributed by atoms with Gasteiger partial charge in [-0.2, -0.15) is 0 Å². The summed E-state index contributed by atoms with van der Waals surface area (Å²) < 4.78 is 0. The van der Waals surface area contributed by atoms with Gasteiger partial charge in [0.25, 0.3) is 0 Å². The molecule has 2 nitrogen and oxygen atoms in total. The van der Waals surface area contributed by atoms with E-state index in [-0.39, 0.29) is 5.41 Å². The van der Waals surface area contributed by atoms with Gasteiger partial charge in [-0.25, -0.2) is 0 Å². The van der Waals surface area contributed by atoms with Crippen molar-refractivity contribution in [1.82, 2.24) is 4.98 Å². The SMILES string of the molecule is CC(C)(C)c1cc(CC=O)ccn1. The van der Waals surface area contributed by atoms with E-state index < -0.39 is 0 Å². The topological polar surface area (TPSA) is 30.0 Å². The van der Waals surface area contributed by atoms with E-state index in [9.17, 15) is 4.79 Å². The zero-order valence-electron chi connectivity index (χ0n) is 8.37. The maximum atomic E-state index is 10.3. The summed E-state index contributed by atoms with van der Waals surface area (Å²) in [5, 5.41) is 0. The second-order valence-electron chi connectivity index (χ2n) is 4.17. The number of carbonyl (C=O) groups excluding carboxylic acids is 1. The molecule has 1 heterocycles. The molecule has 0 bridgehead atoms. The monoisotopic (exact) mass is 177 g/mol. The fourth-order valence-electron chi connectivity index (χ4n) is 1.11. The molecule has 2 heteroatoms. The minimum Gasteiger partial charge on any atom is -0.303 e. The lowest BCUT2D eigenvalue weighted by Crippen LogP contribution is -2.13. The molecule has 0 aromatic carbocycles. The molecule has 13 heavy (non-hydrogen) atoms. The average Bonchev–Trinajstić information content (AvgIpc) is 2.04. The van der Waals surface area contributed by atoms with E-state index in [1.54, 1.807) is 6.20 Å². The molecule has 0 aliphatic rings. The van der Waals surface area contributed by atoms with Crippen molar-refractivity contribution < 1.29 is 4.79 Å². The molecule has 0 unspecified atom stereocenters. The minimum absolute atomic E-state index is 0.0545. The number of hydrogen-bond acceptors (Lipinski definition) is 2. The van der Waals surface area contributed by atoms with Crippen molar-refractivity contribution in [3.63, 3.8) is 0 Å². The average molecular weight is 177 g/mol. The zero-order valence-corrected chi connectivity index (χ0v) is 8.37. The Balaban J connectivity index is 2.98. The third-order valence-electron chi connectivity index (χ3n) is 1.91. The highest BCUT2D eigenvalue weighted by Gasteiger charge is 2.14. The van der Waals surface area contributed by atoms with Crippen LogP contribution in [-0.4, -0.2) is 11.3 Å². The van der Waals surface area contributed by atoms with E-state index in [1.165, 1.54) is 0 Å². The first-order valence-corrected chi connectivity index (χ1v) is 4.43. The molecule has 70 valence electrons. The molecule has 1 rings (SSSR count). The molecule has 1 aromatic rings. The van der Waals surface area contributed by atoms with Crippen LogP contribution < -0.4 is 0 Å². The molecule has 0 aliphatic heterocycles. The van der Waals surface area contributed by atoms with Gasteiger partial charge in [-0.05, 0) is 17.7 Å². The van der Waals surface area contributed by atoms with Gasteiger partial charge in [-0.15, -0.1) is 0 Å². The lowest BCUT2D eigenvalue weighted by atomic mass is 9.90. The van der Waals surface area contributed by atoms with Crippen LogP contribution in [0.2, 0.25) is 0 Å². The van der Waals surface area contributed by atoms with Crippen LogP contribution in [0.1, 0.15) is 32.0 Å². The van der Waals surface area contributed by atoms with Gasteiger partial charge < -0.3 is 4.79 Å². The Morgan fingerprint density at radius 3 is 2.69 bits per heavy atom. The predicted molar refractivity (Wildman–Crippen MR) is 52.7 cm³/mol. The summed E-state index contributed by atoms with van der Waals surface area (Å²) in [5.41, 5.74) is 2.13. The van der Waals surface area contributed by atoms with Gasteiger partial charge >= 0.3 is 0 Å². The lowest BCUT2D eigenvalue weighted by Gasteiger charge is -2.17. The third kappa shape index (κ3) is 2.65. The molecule has 0 N–H and O–H groups in total. The smallest absolute Gasteiger partial charge is 0.124 e. The van der Waals surface area contributed by atoms with E-state index in [0.717, 1.165) is 17.5 Å². The first kappa shape index (κ1) is 9.90. The molecule has 0 saturated carbocycles. The van der Waals surface area contributed by atoms with E-state index >= 15 is 0 Å². The number of rotatable bonds is 2. The quantitative estimate of drug-likeness (QED) is 0.648. The number of nitrogens with zero attached hydrogens (tertiary/aromatic N) is 1. The molecule has 0 saturated heterocycles. The van der Waals surface area contributed by atoms with Crippen LogP contribution in [-0.2, 0) is 16.6 Å². The molecular formula is C11H15NO. The normalized spacial score (nSPS) is 11.3. The maximum Gasteiger partial charge on any atom is 0.124 e. The van der Waals surface area contributed by atoms with Gasteiger partial charge in [0.2, 0.25) is 0 Å². The maximum absolute atomic E-state index is 10.3. The Labute approximate surface area is 79.0 Å². The first-order chi connectivity index (χ1) is 6.04. The summed E-state index contributed by atoms with van der Waals surface area (Å²) >= 11 is 0. The first-order valence-electron chi connectivity index (χ1n) is 4.43. The number of aromatic nitrogens is 1. The second kappa shape index (κ2) is 3.69. The Morgan fingerprint density at radius 1 is 1.46 bits per heavy atom. The number of aldehydes is 1. The Hall–Kier alpha value is -1.18. The number of hydrogen-bond donors (Lipinski definition) is 0. The van der Waals surface area contributed by atoms with Crippen LogP contribution in [0.25, 0.3) is 0 Å². The van der Waals surface area contributed by atoms with E-state index in [1.807, 2.05) is 12.1 Å². The summed E-state index contributed by atoms with van der Waals surface area (Å²) in [6, 6.07) is 3.87. The molecule has 0 spiro atoms. The summed E-state index contributed by atoms with van der Waals surface area (Å²) in [4.78, 5) is 14.6. The molecule has 0 atom stereocenters. The summed E-state index contributed by atoms with van der Waals surface area (Å²) in [6.07, 6.45) is 3.16. The summed E-state index contributed by atoms with van der Waals surface area (Å²) in [7, 11) is 0. The van der Waals surface area contributed by atoms with Crippen molar-refractivity contribution in [1.29, 1.82) is 0 Å². The summed E-state index contributed by atoms with van der Waals surface area (Å²) in [5.74, 6) is 0. The molecule has 1 aromatic heterocycles. The molecular weight excluding hydrogens is 162 g/mol. The predicted octanol–water partition coefficient (Wildman–Crippen LogP) is 2.12. The van der Waals surface area contributed by atoms with Gasteiger partial charge in [0, 0.05) is 23.7 Å². The van der Waals surface area contributed by atoms with Gasteiger partial charge in [-0.1, -0.05) is 20.8 Å². The Morgan fingerprint density at radius 2 is 2.15 bits per heavy atom. The highest BCUT2D eigenvalue weighted by molar-refractivity contribution is 5.54. The standard InChI is InChI=1S/C11H15NO/c1-11(2,3)10-8-9(5-7-13)4-6-12-10/h4,6-8H,5H2,1-3H3. The van der Waals surface area contributed by atoms with Crippen molar-refractivity contribution in [2.24, 2.45) is 0 Å². The summed E-state index contributed by atoms with van der Waals surface area (Å²) in [6.45, 7) is 6.33. The van der Waals surface area contributed by atoms with Crippen LogP contribution in [0.15, 0.2) is 18.3 Å². The van der Waals surface area contributed by atoms with Gasteiger partial charge in [-0.3, -0.25) is 4.98 Å². The third-order valence-corrected chi connectivity index (χ3v) is 1.91. The van der Waals surface area contributed by atoms with E-state index in [2.05, 4.69) is 25.8 Å². The van der Waals surface area contributed by atoms with Crippen LogP contribution in [0.5, 0.6) is 0 Å². The van der Waals surface area contributed by atoms with Gasteiger partial charge in [0.15, 0.2) is 0 Å². The van der Waals surface area contributed by atoms with E-state index in [0.29, 0.717) is 6.42 Å². The van der Waals surface area contributed by atoms with Crippen molar-refractivity contribution in [2.75, 3.05) is 0 Å². The Bertz CT molecular complexity index is 299. The van der Waals surface area contributed by atoms with Crippen molar-refractivity contribution in [2.45, 2.75) is 32.6 Å². The highest BCUT2D eigenvalue weighted by Crippen LogP contribution is 2.20. The molecule has 0 aliphatic carbocycles. The van der Waals surface area contributed by atoms with Crippen LogP contribution in [0.3, 0.4) is 0 Å². The molecule has 0 amide bonds. The molecule has 0 radical (unpaired) electrons. The van der Waals surface area contributed by atoms with Crippen molar-refractivity contribution >= 4 is 6.29 Å². The van der Waals surface area contributed by atoms with E-state index in [4.69, 9.17) is 0 Å². The minimum atomic E-state index is 0.0545. The van der Waals surface area contributed by atoms with Crippen molar-refractivity contribution in [3.8, 4) is 0 Å². The fourth-order valence-corrected chi connectivity index (χ4v) is 1.11. The fraction of sp³-hybridized carbons (Fsp3) is 0.455. The van der Waals surface area contributed by atoms with Crippen molar-refractivity contribution in [3.05, 3.63) is 29.6 Å². The highest BCUT2D eigenvalue weighted by atomic mass is 16.1. The van der Waals surface area contributed by atoms with Gasteiger partial charge in [0.1, 0.15) is 6.29 Å². The van der Waals surface area contributed by atoms with Crippen LogP contribution in [0, 0.1) is 0 Å². The number of pyridine rings is 1. The van der Waals surface area contributed by atoms with Crippen LogP contribution >= 0.6 is 0 Å². The number of carbonyl (C=O) groups is 1. The molecule has 0 fully saturated rings. The largest absolute Gasteiger partial charge is 0.303 e. The van der Waals surface area contributed by atoms with Gasteiger partial charge in [0.05, 0.1) is 0 Å². The lowest BCUT2D eigenvalue weighted by molar-refractivity contribution is -0.107. The zero-order chi connectivity index (χ0) is 9.90. The second-order valence-corrected chi connectivity index (χ2v) is 4.17. The van der Waals surface area contributed by atoms with Crippen LogP contribution in [0.4, 0.5) is 0 Å².